The third-order valence-corrected chi connectivity index (χ3v) is 4.19. The number of amides is 1. The molecular formula is C15H30N2O. The first-order valence-electron chi connectivity index (χ1n) is 7.69. The highest BCUT2D eigenvalue weighted by Gasteiger charge is 2.22. The maximum Gasteiger partial charge on any atom is 0.209 e. The van der Waals surface area contributed by atoms with Crippen LogP contribution in [0.15, 0.2) is 0 Å². The Kier molecular flexibility index (Phi) is 7.33. The van der Waals surface area contributed by atoms with E-state index in [9.17, 15) is 4.79 Å². The van der Waals surface area contributed by atoms with E-state index in [0.29, 0.717) is 0 Å². The molecule has 0 unspecified atom stereocenters. The van der Waals surface area contributed by atoms with Gasteiger partial charge in [-0.1, -0.05) is 20.8 Å². The van der Waals surface area contributed by atoms with E-state index in [2.05, 4.69) is 11.8 Å². The Hall–Kier alpha value is -0.570. The van der Waals surface area contributed by atoms with Crippen LogP contribution in [0.1, 0.15) is 46.5 Å². The van der Waals surface area contributed by atoms with Crippen molar-refractivity contribution in [1.82, 2.24) is 9.80 Å². The molecule has 3 heteroatoms. The quantitative estimate of drug-likeness (QED) is 0.723. The SMILES string of the molecule is CC.CC1CCN(CC2CCN(C=O)CC2)CC1. The van der Waals surface area contributed by atoms with Gasteiger partial charge in [0.1, 0.15) is 0 Å². The van der Waals surface area contributed by atoms with Gasteiger partial charge >= 0.3 is 0 Å². The van der Waals surface area contributed by atoms with E-state index < -0.39 is 0 Å². The maximum atomic E-state index is 10.6. The van der Waals surface area contributed by atoms with Crippen LogP contribution in [-0.2, 0) is 4.79 Å². The molecule has 3 nitrogen and oxygen atoms in total. The molecule has 0 radical (unpaired) electrons. The van der Waals surface area contributed by atoms with Crippen molar-refractivity contribution >= 4 is 6.41 Å². The Balaban J connectivity index is 0.000000771. The lowest BCUT2D eigenvalue weighted by Gasteiger charge is -2.36. The highest BCUT2D eigenvalue weighted by molar-refractivity contribution is 5.47. The van der Waals surface area contributed by atoms with E-state index in [4.69, 9.17) is 0 Å². The van der Waals surface area contributed by atoms with E-state index in [1.165, 1.54) is 45.3 Å². The molecule has 0 aromatic heterocycles. The van der Waals surface area contributed by atoms with Crippen molar-refractivity contribution in [2.45, 2.75) is 46.5 Å². The molecule has 2 saturated heterocycles. The molecule has 0 bridgehead atoms. The van der Waals surface area contributed by atoms with Crippen molar-refractivity contribution in [3.8, 4) is 0 Å². The molecule has 2 rings (SSSR count). The molecule has 0 saturated carbocycles. The summed E-state index contributed by atoms with van der Waals surface area (Å²) in [5.41, 5.74) is 0. The molecule has 0 aromatic rings. The van der Waals surface area contributed by atoms with Gasteiger partial charge in [-0.15, -0.1) is 0 Å². The first-order chi connectivity index (χ1) is 8.78. The third-order valence-electron chi connectivity index (χ3n) is 4.19. The minimum Gasteiger partial charge on any atom is -0.345 e. The van der Waals surface area contributed by atoms with Gasteiger partial charge in [0, 0.05) is 19.6 Å². The van der Waals surface area contributed by atoms with Crippen molar-refractivity contribution in [3.05, 3.63) is 0 Å². The van der Waals surface area contributed by atoms with Gasteiger partial charge in [-0.3, -0.25) is 4.79 Å². The van der Waals surface area contributed by atoms with Crippen molar-refractivity contribution < 1.29 is 4.79 Å². The van der Waals surface area contributed by atoms with E-state index in [-0.39, 0.29) is 0 Å². The lowest BCUT2D eigenvalue weighted by atomic mass is 9.94. The zero-order valence-corrected chi connectivity index (χ0v) is 12.4. The van der Waals surface area contributed by atoms with Crippen LogP contribution in [0.25, 0.3) is 0 Å². The Labute approximate surface area is 113 Å². The van der Waals surface area contributed by atoms with Crippen molar-refractivity contribution in [2.75, 3.05) is 32.7 Å². The first-order valence-corrected chi connectivity index (χ1v) is 7.69. The largest absolute Gasteiger partial charge is 0.345 e. The van der Waals surface area contributed by atoms with Crippen molar-refractivity contribution in [3.63, 3.8) is 0 Å². The van der Waals surface area contributed by atoms with E-state index in [1.807, 2.05) is 18.7 Å². The second-order valence-electron chi connectivity index (χ2n) is 5.57. The van der Waals surface area contributed by atoms with Crippen LogP contribution >= 0.6 is 0 Å². The number of piperidine rings is 2. The predicted octanol–water partition coefficient (Wildman–Crippen LogP) is 2.61. The molecule has 0 aromatic carbocycles. The van der Waals surface area contributed by atoms with Crippen LogP contribution in [-0.4, -0.2) is 48.9 Å². The van der Waals surface area contributed by atoms with E-state index in [0.717, 1.165) is 31.3 Å². The minimum atomic E-state index is 0.824. The Morgan fingerprint density at radius 1 is 1.00 bits per heavy atom. The number of hydrogen-bond donors (Lipinski definition) is 0. The van der Waals surface area contributed by atoms with Crippen LogP contribution in [0.5, 0.6) is 0 Å². The zero-order chi connectivity index (χ0) is 13.4. The van der Waals surface area contributed by atoms with Gasteiger partial charge in [-0.25, -0.2) is 0 Å². The van der Waals surface area contributed by atoms with E-state index >= 15 is 0 Å². The van der Waals surface area contributed by atoms with Gasteiger partial charge in [0.05, 0.1) is 0 Å². The molecule has 2 aliphatic heterocycles. The molecule has 0 spiro atoms. The van der Waals surface area contributed by atoms with Gasteiger partial charge < -0.3 is 9.80 Å². The summed E-state index contributed by atoms with van der Waals surface area (Å²) in [5.74, 6) is 1.75. The third kappa shape index (κ3) is 4.97. The topological polar surface area (TPSA) is 23.6 Å². The molecule has 2 heterocycles. The summed E-state index contributed by atoms with van der Waals surface area (Å²) in [6.07, 6.45) is 6.13. The number of carbonyl (C=O) groups is 1. The average Bonchev–Trinajstić information content (AvgIpc) is 2.44. The highest BCUT2D eigenvalue weighted by atomic mass is 16.1. The molecule has 106 valence electrons. The first kappa shape index (κ1) is 15.5. The molecule has 0 atom stereocenters. The lowest BCUT2D eigenvalue weighted by molar-refractivity contribution is -0.119. The van der Waals surface area contributed by atoms with Gasteiger partial charge in [-0.05, 0) is 50.6 Å². The van der Waals surface area contributed by atoms with Crippen LogP contribution in [0.4, 0.5) is 0 Å². The fraction of sp³-hybridized carbons (Fsp3) is 0.933. The molecule has 0 N–H and O–H groups in total. The van der Waals surface area contributed by atoms with Gasteiger partial charge in [0.25, 0.3) is 0 Å². The highest BCUT2D eigenvalue weighted by Crippen LogP contribution is 2.21. The Bertz CT molecular complexity index is 217. The van der Waals surface area contributed by atoms with Gasteiger partial charge in [0.2, 0.25) is 6.41 Å². The molecule has 2 aliphatic rings. The molecule has 2 fully saturated rings. The van der Waals surface area contributed by atoms with Crippen molar-refractivity contribution in [2.24, 2.45) is 11.8 Å². The second kappa shape index (κ2) is 8.52. The summed E-state index contributed by atoms with van der Waals surface area (Å²) >= 11 is 0. The zero-order valence-electron chi connectivity index (χ0n) is 12.4. The monoisotopic (exact) mass is 254 g/mol. The fourth-order valence-electron chi connectivity index (χ4n) is 2.85. The summed E-state index contributed by atoms with van der Waals surface area (Å²) in [6, 6.07) is 0. The Morgan fingerprint density at radius 3 is 2.06 bits per heavy atom. The van der Waals surface area contributed by atoms with Gasteiger partial charge in [0.15, 0.2) is 0 Å². The molecular weight excluding hydrogens is 224 g/mol. The predicted molar refractivity (Wildman–Crippen MR) is 76.5 cm³/mol. The molecule has 18 heavy (non-hydrogen) atoms. The lowest BCUT2D eigenvalue weighted by Crippen LogP contribution is -2.40. The smallest absolute Gasteiger partial charge is 0.209 e. The number of carbonyl (C=O) groups excluding carboxylic acids is 1. The molecule has 1 amide bonds. The fourth-order valence-corrected chi connectivity index (χ4v) is 2.85. The van der Waals surface area contributed by atoms with E-state index in [1.54, 1.807) is 0 Å². The summed E-state index contributed by atoms with van der Waals surface area (Å²) in [5, 5.41) is 0. The normalized spacial score (nSPS) is 23.4. The number of hydrogen-bond acceptors (Lipinski definition) is 2. The maximum absolute atomic E-state index is 10.6. The number of rotatable bonds is 3. The van der Waals surface area contributed by atoms with Crippen LogP contribution < -0.4 is 0 Å². The number of likely N-dealkylation sites (tertiary alicyclic amines) is 2. The van der Waals surface area contributed by atoms with Crippen LogP contribution in [0, 0.1) is 11.8 Å². The summed E-state index contributed by atoms with van der Waals surface area (Å²) in [7, 11) is 0. The van der Waals surface area contributed by atoms with Crippen LogP contribution in [0.3, 0.4) is 0 Å². The molecule has 0 aliphatic carbocycles. The standard InChI is InChI=1S/C13H24N2O.C2H6/c1-12-2-6-14(7-3-12)10-13-4-8-15(11-16)9-5-13;1-2/h11-13H,2-10H2,1H3;1-2H3. The Morgan fingerprint density at radius 2 is 1.56 bits per heavy atom. The summed E-state index contributed by atoms with van der Waals surface area (Å²) in [4.78, 5) is 15.1. The minimum absolute atomic E-state index is 0.824. The summed E-state index contributed by atoms with van der Waals surface area (Å²) in [6.45, 7) is 12.1. The second-order valence-corrected chi connectivity index (χ2v) is 5.57. The summed E-state index contributed by atoms with van der Waals surface area (Å²) < 4.78 is 0. The number of nitrogens with zero attached hydrogens (tertiary/aromatic N) is 2. The van der Waals surface area contributed by atoms with Gasteiger partial charge in [-0.2, -0.15) is 0 Å². The van der Waals surface area contributed by atoms with Crippen LogP contribution in [0.2, 0.25) is 0 Å². The average molecular weight is 254 g/mol. The van der Waals surface area contributed by atoms with Crippen molar-refractivity contribution in [1.29, 1.82) is 0 Å².